The number of carbonyl (C=O) groups is 3. The molecule has 0 spiro atoms. The smallest absolute Gasteiger partial charge is 0.336 e. The quantitative estimate of drug-likeness (QED) is 0.503. The molecule has 156 valence electrons. The molecule has 2 N–H and O–H groups in total. The number of nitrogens with zero attached hydrogens (tertiary/aromatic N) is 1. The SMILES string of the molecule is COc1ccc(OC)c(N2C(=O)NC(=O)C(=Cc3cc(Br)c(O)c(OC)c3)C2=O)c1. The zero-order chi connectivity index (χ0) is 22.0. The zero-order valence-electron chi connectivity index (χ0n) is 16.2. The Hall–Kier alpha value is -3.53. The first-order valence-corrected chi connectivity index (χ1v) is 9.30. The largest absolute Gasteiger partial charge is 0.503 e. The van der Waals surface area contributed by atoms with Crippen molar-refractivity contribution >= 4 is 45.5 Å². The van der Waals surface area contributed by atoms with Gasteiger partial charge in [-0.25, -0.2) is 9.69 Å². The molecule has 0 aliphatic carbocycles. The van der Waals surface area contributed by atoms with Crippen LogP contribution in [-0.4, -0.2) is 44.3 Å². The first kappa shape index (κ1) is 21.2. The highest BCUT2D eigenvalue weighted by Crippen LogP contribution is 2.37. The average Bonchev–Trinajstić information content (AvgIpc) is 2.73. The molecule has 0 aromatic heterocycles. The van der Waals surface area contributed by atoms with Crippen molar-refractivity contribution < 1.29 is 33.7 Å². The van der Waals surface area contributed by atoms with E-state index in [1.807, 2.05) is 0 Å². The Labute approximate surface area is 180 Å². The summed E-state index contributed by atoms with van der Waals surface area (Å²) in [6, 6.07) is 6.62. The van der Waals surface area contributed by atoms with Crippen molar-refractivity contribution in [3.63, 3.8) is 0 Å². The van der Waals surface area contributed by atoms with E-state index in [1.54, 1.807) is 6.07 Å². The molecule has 9 nitrogen and oxygen atoms in total. The molecule has 10 heteroatoms. The van der Waals surface area contributed by atoms with Gasteiger partial charge in [-0.3, -0.25) is 14.9 Å². The Kier molecular flexibility index (Phi) is 5.97. The van der Waals surface area contributed by atoms with Crippen molar-refractivity contribution in [2.24, 2.45) is 0 Å². The highest BCUT2D eigenvalue weighted by atomic mass is 79.9. The summed E-state index contributed by atoms with van der Waals surface area (Å²) in [5.74, 6) is -1.06. The van der Waals surface area contributed by atoms with Gasteiger partial charge in [0.25, 0.3) is 11.8 Å². The molecule has 1 fully saturated rings. The number of carbonyl (C=O) groups excluding carboxylic acids is 3. The number of amides is 4. The number of aromatic hydroxyl groups is 1. The summed E-state index contributed by atoms with van der Waals surface area (Å²) in [5.41, 5.74) is 0.211. The van der Waals surface area contributed by atoms with Crippen LogP contribution in [0.25, 0.3) is 6.08 Å². The van der Waals surface area contributed by atoms with Gasteiger partial charge in [-0.15, -0.1) is 0 Å². The second kappa shape index (κ2) is 8.46. The first-order chi connectivity index (χ1) is 14.3. The van der Waals surface area contributed by atoms with Crippen LogP contribution in [0.3, 0.4) is 0 Å². The van der Waals surface area contributed by atoms with E-state index in [0.717, 1.165) is 4.90 Å². The number of anilines is 1. The van der Waals surface area contributed by atoms with Crippen LogP contribution in [0.5, 0.6) is 23.0 Å². The molecular formula is C20H17BrN2O7. The van der Waals surface area contributed by atoms with E-state index in [2.05, 4.69) is 21.2 Å². The molecule has 2 aromatic carbocycles. The van der Waals surface area contributed by atoms with Crippen LogP contribution in [0.1, 0.15) is 5.56 Å². The maximum atomic E-state index is 13.1. The third-order valence-corrected chi connectivity index (χ3v) is 4.91. The fourth-order valence-corrected chi connectivity index (χ4v) is 3.31. The van der Waals surface area contributed by atoms with Crippen molar-refractivity contribution in [1.82, 2.24) is 5.32 Å². The number of urea groups is 1. The standard InChI is InChI=1S/C20H17BrN2O7/c1-28-11-4-5-15(29-2)14(9-11)23-19(26)12(18(25)22-20(23)27)6-10-7-13(21)17(24)16(8-10)30-3/h4-9,24H,1-3H3,(H,22,25,27). The molecular weight excluding hydrogens is 460 g/mol. The number of phenolic OH excluding ortho intramolecular Hbond substituents is 1. The lowest BCUT2D eigenvalue weighted by atomic mass is 10.1. The van der Waals surface area contributed by atoms with Gasteiger partial charge in [0.1, 0.15) is 17.1 Å². The van der Waals surface area contributed by atoms with Crippen molar-refractivity contribution in [2.45, 2.75) is 0 Å². The number of imide groups is 2. The fraction of sp³-hybridized carbons (Fsp3) is 0.150. The van der Waals surface area contributed by atoms with Gasteiger partial charge in [0, 0.05) is 6.07 Å². The summed E-state index contributed by atoms with van der Waals surface area (Å²) in [5, 5.41) is 12.1. The van der Waals surface area contributed by atoms with Gasteiger partial charge in [-0.05, 0) is 51.8 Å². The van der Waals surface area contributed by atoms with Crippen LogP contribution < -0.4 is 24.4 Å². The maximum Gasteiger partial charge on any atom is 0.336 e. The Balaban J connectivity index is 2.10. The summed E-state index contributed by atoms with van der Waals surface area (Å²) < 4.78 is 15.8. The number of nitrogens with one attached hydrogen (secondary N) is 1. The third kappa shape index (κ3) is 3.81. The predicted octanol–water partition coefficient (Wildman–Crippen LogP) is 2.85. The van der Waals surface area contributed by atoms with E-state index in [0.29, 0.717) is 15.8 Å². The molecule has 4 amide bonds. The lowest BCUT2D eigenvalue weighted by molar-refractivity contribution is -0.122. The molecule has 0 atom stereocenters. The number of barbiturate groups is 1. The van der Waals surface area contributed by atoms with Crippen LogP contribution >= 0.6 is 15.9 Å². The number of hydrogen-bond acceptors (Lipinski definition) is 7. The van der Waals surface area contributed by atoms with Crippen molar-refractivity contribution in [3.05, 3.63) is 45.9 Å². The number of hydrogen-bond donors (Lipinski definition) is 2. The van der Waals surface area contributed by atoms with Gasteiger partial charge in [0.15, 0.2) is 11.5 Å². The zero-order valence-corrected chi connectivity index (χ0v) is 17.8. The molecule has 30 heavy (non-hydrogen) atoms. The molecule has 1 aliphatic rings. The van der Waals surface area contributed by atoms with Crippen molar-refractivity contribution in [3.8, 4) is 23.0 Å². The summed E-state index contributed by atoms with van der Waals surface area (Å²) in [6.07, 6.45) is 1.29. The predicted molar refractivity (Wildman–Crippen MR) is 111 cm³/mol. The molecule has 0 saturated carbocycles. The number of methoxy groups -OCH3 is 3. The first-order valence-electron chi connectivity index (χ1n) is 8.50. The van der Waals surface area contributed by atoms with E-state index in [1.165, 1.54) is 51.7 Å². The van der Waals surface area contributed by atoms with Gasteiger partial charge in [-0.2, -0.15) is 0 Å². The summed E-state index contributed by atoms with van der Waals surface area (Å²) >= 11 is 3.19. The van der Waals surface area contributed by atoms with E-state index in [-0.39, 0.29) is 28.5 Å². The fourth-order valence-electron chi connectivity index (χ4n) is 2.85. The van der Waals surface area contributed by atoms with Crippen LogP contribution in [0.4, 0.5) is 10.5 Å². The normalized spacial score (nSPS) is 15.3. The molecule has 1 heterocycles. The van der Waals surface area contributed by atoms with E-state index >= 15 is 0 Å². The molecule has 0 unspecified atom stereocenters. The minimum absolute atomic E-state index is 0.113. The Morgan fingerprint density at radius 1 is 1.00 bits per heavy atom. The number of benzene rings is 2. The number of phenols is 1. The van der Waals surface area contributed by atoms with E-state index in [9.17, 15) is 19.5 Å². The van der Waals surface area contributed by atoms with E-state index in [4.69, 9.17) is 14.2 Å². The average molecular weight is 477 g/mol. The van der Waals surface area contributed by atoms with Gasteiger partial charge in [0.05, 0.1) is 31.5 Å². The second-order valence-electron chi connectivity index (χ2n) is 6.05. The van der Waals surface area contributed by atoms with Crippen LogP contribution in [0.2, 0.25) is 0 Å². The van der Waals surface area contributed by atoms with Crippen LogP contribution in [0, 0.1) is 0 Å². The highest BCUT2D eigenvalue weighted by molar-refractivity contribution is 9.10. The van der Waals surface area contributed by atoms with Crippen LogP contribution in [0.15, 0.2) is 40.4 Å². The number of ether oxygens (including phenoxy) is 3. The number of halogens is 1. The molecule has 0 bridgehead atoms. The Morgan fingerprint density at radius 2 is 1.70 bits per heavy atom. The van der Waals surface area contributed by atoms with Gasteiger partial charge in [-0.1, -0.05) is 0 Å². The summed E-state index contributed by atoms with van der Waals surface area (Å²) in [7, 11) is 4.20. The van der Waals surface area contributed by atoms with E-state index < -0.39 is 17.8 Å². The van der Waals surface area contributed by atoms with Crippen molar-refractivity contribution in [1.29, 1.82) is 0 Å². The van der Waals surface area contributed by atoms with Crippen LogP contribution in [-0.2, 0) is 9.59 Å². The maximum absolute atomic E-state index is 13.1. The Morgan fingerprint density at radius 3 is 2.33 bits per heavy atom. The number of rotatable bonds is 5. The Bertz CT molecular complexity index is 1080. The van der Waals surface area contributed by atoms with Gasteiger partial charge >= 0.3 is 6.03 Å². The molecule has 1 saturated heterocycles. The summed E-state index contributed by atoms with van der Waals surface area (Å²) in [4.78, 5) is 38.8. The molecule has 1 aliphatic heterocycles. The molecule has 2 aromatic rings. The third-order valence-electron chi connectivity index (χ3n) is 4.31. The lowest BCUT2D eigenvalue weighted by Crippen LogP contribution is -2.54. The van der Waals surface area contributed by atoms with Crippen molar-refractivity contribution in [2.75, 3.05) is 26.2 Å². The second-order valence-corrected chi connectivity index (χ2v) is 6.90. The summed E-state index contributed by atoms with van der Waals surface area (Å²) in [6.45, 7) is 0. The topological polar surface area (TPSA) is 114 Å². The van der Waals surface area contributed by atoms with Gasteiger partial charge in [0.2, 0.25) is 0 Å². The minimum Gasteiger partial charge on any atom is -0.503 e. The monoisotopic (exact) mass is 476 g/mol. The van der Waals surface area contributed by atoms with Gasteiger partial charge < -0.3 is 19.3 Å². The minimum atomic E-state index is -0.918. The highest BCUT2D eigenvalue weighted by Gasteiger charge is 2.38. The lowest BCUT2D eigenvalue weighted by Gasteiger charge is -2.27. The molecule has 0 radical (unpaired) electrons. The molecule has 3 rings (SSSR count).